The Morgan fingerprint density at radius 2 is 2.08 bits per heavy atom. The Hall–Kier alpha value is -2.37. The van der Waals surface area contributed by atoms with Gasteiger partial charge in [0.1, 0.15) is 5.82 Å². The molecule has 0 radical (unpaired) electrons. The average molecular weight is 326 g/mol. The number of H-pyrrole nitrogens is 1. The van der Waals surface area contributed by atoms with Crippen molar-refractivity contribution in [1.29, 1.82) is 0 Å². The lowest BCUT2D eigenvalue weighted by molar-refractivity contribution is -0.137. The van der Waals surface area contributed by atoms with Crippen LogP contribution in [-0.4, -0.2) is 27.8 Å². The summed E-state index contributed by atoms with van der Waals surface area (Å²) in [5.74, 6) is 0.773. The monoisotopic (exact) mass is 326 g/mol. The Kier molecular flexibility index (Phi) is 3.96. The number of piperidine rings is 1. The maximum absolute atomic E-state index is 12.7. The molecule has 1 aliphatic carbocycles. The van der Waals surface area contributed by atoms with E-state index < -0.39 is 0 Å². The quantitative estimate of drug-likeness (QED) is 0.805. The second-order valence-electron chi connectivity index (χ2n) is 6.85. The Bertz CT molecular complexity index is 736. The first kappa shape index (κ1) is 15.2. The van der Waals surface area contributed by atoms with E-state index in [2.05, 4.69) is 20.6 Å². The summed E-state index contributed by atoms with van der Waals surface area (Å²) in [5.41, 5.74) is 1.86. The van der Waals surface area contributed by atoms with Gasteiger partial charge < -0.3 is 15.6 Å². The fourth-order valence-electron chi connectivity index (χ4n) is 4.12. The zero-order chi connectivity index (χ0) is 16.5. The van der Waals surface area contributed by atoms with Gasteiger partial charge in [-0.25, -0.2) is 4.98 Å². The molecule has 1 aliphatic heterocycles. The van der Waals surface area contributed by atoms with Crippen LogP contribution in [0.25, 0.3) is 11.0 Å². The van der Waals surface area contributed by atoms with Crippen LogP contribution in [0.2, 0.25) is 0 Å². The molecule has 1 saturated carbocycles. The first-order chi connectivity index (χ1) is 11.7. The first-order valence-corrected chi connectivity index (χ1v) is 8.71. The molecule has 2 fully saturated rings. The summed E-state index contributed by atoms with van der Waals surface area (Å²) in [5, 5.41) is 6.03. The maximum atomic E-state index is 12.7. The van der Waals surface area contributed by atoms with E-state index in [0.717, 1.165) is 42.5 Å². The van der Waals surface area contributed by atoms with Crippen LogP contribution in [0.1, 0.15) is 37.9 Å². The minimum atomic E-state index is -0.214. The molecule has 1 aromatic heterocycles. The van der Waals surface area contributed by atoms with Crippen LogP contribution < -0.4 is 10.6 Å². The van der Waals surface area contributed by atoms with Gasteiger partial charge in [-0.2, -0.15) is 0 Å². The van der Waals surface area contributed by atoms with Crippen molar-refractivity contribution < 1.29 is 9.59 Å². The van der Waals surface area contributed by atoms with Gasteiger partial charge >= 0.3 is 0 Å². The van der Waals surface area contributed by atoms with Crippen molar-refractivity contribution in [2.45, 2.75) is 44.7 Å². The van der Waals surface area contributed by atoms with Crippen LogP contribution in [-0.2, 0) is 16.1 Å². The number of carbonyl (C=O) groups is 2. The fraction of sp³-hybridized carbons (Fsp3) is 0.500. The number of para-hydroxylation sites is 2. The highest BCUT2D eigenvalue weighted by Gasteiger charge is 2.41. The summed E-state index contributed by atoms with van der Waals surface area (Å²) >= 11 is 0. The molecule has 0 spiro atoms. The van der Waals surface area contributed by atoms with Crippen molar-refractivity contribution in [3.05, 3.63) is 30.1 Å². The average Bonchev–Trinajstić information content (AvgIpc) is 3.02. The molecule has 2 heterocycles. The third-order valence-corrected chi connectivity index (χ3v) is 5.29. The van der Waals surface area contributed by atoms with Gasteiger partial charge in [0.15, 0.2) is 0 Å². The lowest BCUT2D eigenvalue weighted by Crippen LogP contribution is -2.54. The fourth-order valence-corrected chi connectivity index (χ4v) is 4.12. The van der Waals surface area contributed by atoms with Gasteiger partial charge in [0.05, 0.1) is 23.5 Å². The van der Waals surface area contributed by atoms with E-state index >= 15 is 0 Å². The van der Waals surface area contributed by atoms with E-state index in [4.69, 9.17) is 0 Å². The summed E-state index contributed by atoms with van der Waals surface area (Å²) in [6.07, 6.45) is 4.59. The number of carbonyl (C=O) groups excluding carboxylic acids is 2. The normalized spacial score (nSPS) is 26.7. The molecule has 3 N–H and O–H groups in total. The highest BCUT2D eigenvalue weighted by atomic mass is 16.2. The number of aromatic amines is 1. The molecule has 4 rings (SSSR count). The van der Waals surface area contributed by atoms with Gasteiger partial charge in [-0.3, -0.25) is 9.59 Å². The number of hydrogen-bond donors (Lipinski definition) is 3. The van der Waals surface area contributed by atoms with E-state index in [9.17, 15) is 9.59 Å². The van der Waals surface area contributed by atoms with Crippen LogP contribution in [0.3, 0.4) is 0 Å². The number of amides is 2. The Labute approximate surface area is 140 Å². The molecule has 2 amide bonds. The number of benzene rings is 1. The standard InChI is InChI=1S/C18H22N4O2/c23-17-9-12(11-5-1-2-6-13(11)22-17)18(24)19-10-16-20-14-7-3-4-8-15(14)21-16/h3-4,7-8,11-13H,1-2,5-6,9-10H2,(H,19,24)(H,20,21)(H,22,23). The van der Waals surface area contributed by atoms with E-state index in [1.165, 1.54) is 0 Å². The predicted molar refractivity (Wildman–Crippen MR) is 89.9 cm³/mol. The van der Waals surface area contributed by atoms with Crippen LogP contribution in [0.5, 0.6) is 0 Å². The molecular weight excluding hydrogens is 304 g/mol. The van der Waals surface area contributed by atoms with Crippen LogP contribution in [0.4, 0.5) is 0 Å². The van der Waals surface area contributed by atoms with Gasteiger partial charge in [-0.1, -0.05) is 25.0 Å². The van der Waals surface area contributed by atoms with Gasteiger partial charge in [-0.15, -0.1) is 0 Å². The van der Waals surface area contributed by atoms with Crippen LogP contribution in [0, 0.1) is 11.8 Å². The Morgan fingerprint density at radius 3 is 2.96 bits per heavy atom. The second kappa shape index (κ2) is 6.26. The summed E-state index contributed by atoms with van der Waals surface area (Å²) < 4.78 is 0. The number of rotatable bonds is 3. The summed E-state index contributed by atoms with van der Waals surface area (Å²) in [4.78, 5) is 32.3. The van der Waals surface area contributed by atoms with E-state index in [1.54, 1.807) is 0 Å². The second-order valence-corrected chi connectivity index (χ2v) is 6.85. The van der Waals surface area contributed by atoms with Crippen molar-refractivity contribution in [3.8, 4) is 0 Å². The van der Waals surface area contributed by atoms with Crippen molar-refractivity contribution in [2.24, 2.45) is 11.8 Å². The number of nitrogens with one attached hydrogen (secondary N) is 3. The minimum Gasteiger partial charge on any atom is -0.353 e. The molecular formula is C18H22N4O2. The highest BCUT2D eigenvalue weighted by molar-refractivity contribution is 5.87. The number of aromatic nitrogens is 2. The van der Waals surface area contributed by atoms with E-state index in [-0.39, 0.29) is 29.7 Å². The number of nitrogens with zero attached hydrogens (tertiary/aromatic N) is 1. The largest absolute Gasteiger partial charge is 0.353 e. The lowest BCUT2D eigenvalue weighted by Gasteiger charge is -2.40. The number of imidazole rings is 1. The molecule has 1 aromatic carbocycles. The molecule has 0 bridgehead atoms. The van der Waals surface area contributed by atoms with Crippen molar-refractivity contribution in [2.75, 3.05) is 0 Å². The van der Waals surface area contributed by atoms with Crippen molar-refractivity contribution >= 4 is 22.8 Å². The SMILES string of the molecule is O=C1CC(C(=O)NCc2nc3ccccc3[nH]2)C2CCCCC2N1. The molecule has 6 nitrogen and oxygen atoms in total. The molecule has 2 aromatic rings. The third kappa shape index (κ3) is 2.88. The topological polar surface area (TPSA) is 86.9 Å². The van der Waals surface area contributed by atoms with Gasteiger partial charge in [0, 0.05) is 12.5 Å². The van der Waals surface area contributed by atoms with Gasteiger partial charge in [0.25, 0.3) is 0 Å². The molecule has 3 unspecified atom stereocenters. The Morgan fingerprint density at radius 1 is 1.25 bits per heavy atom. The molecule has 2 aliphatic rings. The molecule has 6 heteroatoms. The number of hydrogen-bond acceptors (Lipinski definition) is 3. The summed E-state index contributed by atoms with van der Waals surface area (Å²) in [7, 11) is 0. The smallest absolute Gasteiger partial charge is 0.224 e. The minimum absolute atomic E-state index is 0.00189. The van der Waals surface area contributed by atoms with Crippen molar-refractivity contribution in [3.63, 3.8) is 0 Å². The zero-order valence-corrected chi connectivity index (χ0v) is 13.5. The maximum Gasteiger partial charge on any atom is 0.224 e. The lowest BCUT2D eigenvalue weighted by atomic mass is 9.72. The van der Waals surface area contributed by atoms with Crippen LogP contribution in [0.15, 0.2) is 24.3 Å². The van der Waals surface area contributed by atoms with Crippen molar-refractivity contribution in [1.82, 2.24) is 20.6 Å². The van der Waals surface area contributed by atoms with Crippen LogP contribution >= 0.6 is 0 Å². The molecule has 126 valence electrons. The summed E-state index contributed by atoms with van der Waals surface area (Å²) in [6, 6.07) is 7.96. The zero-order valence-electron chi connectivity index (χ0n) is 13.5. The molecule has 3 atom stereocenters. The Balaban J connectivity index is 1.43. The first-order valence-electron chi connectivity index (χ1n) is 8.71. The number of fused-ring (bicyclic) bond motifs is 2. The highest BCUT2D eigenvalue weighted by Crippen LogP contribution is 2.35. The third-order valence-electron chi connectivity index (χ3n) is 5.29. The summed E-state index contributed by atoms with van der Waals surface area (Å²) in [6.45, 7) is 0.364. The van der Waals surface area contributed by atoms with Gasteiger partial charge in [-0.05, 0) is 30.9 Å². The van der Waals surface area contributed by atoms with Gasteiger partial charge in [0.2, 0.25) is 11.8 Å². The molecule has 24 heavy (non-hydrogen) atoms. The van der Waals surface area contributed by atoms with E-state index in [1.807, 2.05) is 24.3 Å². The molecule has 1 saturated heterocycles. The van der Waals surface area contributed by atoms with E-state index in [0.29, 0.717) is 13.0 Å². The predicted octanol–water partition coefficient (Wildman–Crippen LogP) is 1.87.